The number of aromatic nitrogens is 3. The van der Waals surface area contributed by atoms with E-state index in [1.165, 1.54) is 0 Å². The predicted octanol–water partition coefficient (Wildman–Crippen LogP) is 1.25. The number of hydrogen-bond acceptors (Lipinski definition) is 4. The molecule has 2 aromatic carbocycles. The monoisotopic (exact) mass is 339 g/mol. The Labute approximate surface area is 135 Å². The highest BCUT2D eigenvalue weighted by Crippen LogP contribution is 2.37. The van der Waals surface area contributed by atoms with E-state index in [0.29, 0.717) is 26.8 Å². The van der Waals surface area contributed by atoms with Crippen LogP contribution in [-0.4, -0.2) is 15.0 Å². The molecule has 5 aromatic rings. The molecular formula is C16H6ClN3O4. The van der Waals surface area contributed by atoms with Crippen molar-refractivity contribution in [2.24, 2.45) is 0 Å². The lowest BCUT2D eigenvalue weighted by atomic mass is 10.0. The standard InChI is InChI=1S/C16H6ClN3O4/c17-4-2-1-3-5-6(4)7-8-9(14(22)19-13(8)21)10-11(12(7)18-5)16(24)20-15(10)23/h1-3,18H,(H,19,21,22)(H,20,23,24). The summed E-state index contributed by atoms with van der Waals surface area (Å²) in [6, 6.07) is 5.11. The first-order valence-corrected chi connectivity index (χ1v) is 7.38. The Morgan fingerprint density at radius 1 is 0.625 bits per heavy atom. The van der Waals surface area contributed by atoms with Crippen LogP contribution >= 0.6 is 11.6 Å². The molecule has 24 heavy (non-hydrogen) atoms. The molecule has 0 spiro atoms. The van der Waals surface area contributed by atoms with Gasteiger partial charge in [0.1, 0.15) is 0 Å². The molecule has 0 radical (unpaired) electrons. The van der Waals surface area contributed by atoms with Crippen molar-refractivity contribution < 1.29 is 0 Å². The molecule has 0 fully saturated rings. The summed E-state index contributed by atoms with van der Waals surface area (Å²) in [5.41, 5.74) is -1.69. The fourth-order valence-electron chi connectivity index (χ4n) is 3.51. The van der Waals surface area contributed by atoms with E-state index >= 15 is 0 Å². The minimum Gasteiger partial charge on any atom is -0.354 e. The summed E-state index contributed by atoms with van der Waals surface area (Å²) in [7, 11) is 0. The Balaban J connectivity index is 2.41. The highest BCUT2D eigenvalue weighted by molar-refractivity contribution is 6.41. The van der Waals surface area contributed by atoms with Gasteiger partial charge in [-0.2, -0.15) is 0 Å². The van der Waals surface area contributed by atoms with Crippen molar-refractivity contribution in [1.82, 2.24) is 15.0 Å². The van der Waals surface area contributed by atoms with E-state index in [9.17, 15) is 19.2 Å². The lowest BCUT2D eigenvalue weighted by Gasteiger charge is -1.97. The summed E-state index contributed by atoms with van der Waals surface area (Å²) in [5, 5.41) is 1.25. The van der Waals surface area contributed by atoms with Crippen molar-refractivity contribution in [1.29, 1.82) is 0 Å². The van der Waals surface area contributed by atoms with Crippen LogP contribution in [0.15, 0.2) is 37.4 Å². The molecule has 0 atom stereocenters. The van der Waals surface area contributed by atoms with Crippen LogP contribution in [0.5, 0.6) is 0 Å². The van der Waals surface area contributed by atoms with Crippen molar-refractivity contribution in [2.45, 2.75) is 0 Å². The average molecular weight is 340 g/mol. The molecule has 116 valence electrons. The second kappa shape index (κ2) is 4.01. The lowest BCUT2D eigenvalue weighted by Crippen LogP contribution is -2.08. The number of rotatable bonds is 0. The Bertz CT molecular complexity index is 1540. The summed E-state index contributed by atoms with van der Waals surface area (Å²) in [5.74, 6) is 0. The maximum Gasteiger partial charge on any atom is 0.261 e. The highest BCUT2D eigenvalue weighted by atomic mass is 35.5. The Hall–Kier alpha value is -3.19. The third-order valence-electron chi connectivity index (χ3n) is 4.39. The fraction of sp³-hybridized carbons (Fsp3) is 0. The van der Waals surface area contributed by atoms with Crippen molar-refractivity contribution >= 4 is 55.0 Å². The van der Waals surface area contributed by atoms with Gasteiger partial charge in [-0.15, -0.1) is 0 Å². The van der Waals surface area contributed by atoms with E-state index in [1.807, 2.05) is 0 Å². The number of benzene rings is 2. The minimum atomic E-state index is -0.695. The van der Waals surface area contributed by atoms with Crippen LogP contribution in [0, 0.1) is 0 Å². The first-order valence-electron chi connectivity index (χ1n) is 7.00. The molecular weight excluding hydrogens is 334 g/mol. The fourth-order valence-corrected chi connectivity index (χ4v) is 3.78. The van der Waals surface area contributed by atoms with Crippen LogP contribution in [0.3, 0.4) is 0 Å². The topological polar surface area (TPSA) is 116 Å². The van der Waals surface area contributed by atoms with Gasteiger partial charge in [0.2, 0.25) is 0 Å². The molecule has 5 rings (SSSR count). The van der Waals surface area contributed by atoms with Gasteiger partial charge in [-0.3, -0.25) is 29.1 Å². The smallest absolute Gasteiger partial charge is 0.261 e. The van der Waals surface area contributed by atoms with Gasteiger partial charge < -0.3 is 4.98 Å². The predicted molar refractivity (Wildman–Crippen MR) is 92.0 cm³/mol. The molecule has 3 aromatic heterocycles. The molecule has 0 aliphatic carbocycles. The molecule has 7 nitrogen and oxygen atoms in total. The van der Waals surface area contributed by atoms with E-state index in [4.69, 9.17) is 11.6 Å². The van der Waals surface area contributed by atoms with Gasteiger partial charge in [0.05, 0.1) is 32.1 Å². The van der Waals surface area contributed by atoms with E-state index in [2.05, 4.69) is 15.0 Å². The van der Waals surface area contributed by atoms with Gasteiger partial charge >= 0.3 is 0 Å². The molecule has 3 N–H and O–H groups in total. The van der Waals surface area contributed by atoms with Crippen LogP contribution in [-0.2, 0) is 0 Å². The van der Waals surface area contributed by atoms with Gasteiger partial charge in [-0.05, 0) is 12.1 Å². The molecule has 0 amide bonds. The molecule has 0 bridgehead atoms. The quantitative estimate of drug-likeness (QED) is 0.394. The van der Waals surface area contributed by atoms with Crippen LogP contribution in [0.4, 0.5) is 0 Å². The maximum absolute atomic E-state index is 12.3. The zero-order chi connectivity index (χ0) is 16.7. The van der Waals surface area contributed by atoms with Gasteiger partial charge in [0, 0.05) is 16.3 Å². The molecule has 0 unspecified atom stereocenters. The molecule has 3 heterocycles. The number of nitrogens with one attached hydrogen (secondary N) is 3. The van der Waals surface area contributed by atoms with Gasteiger partial charge in [0.25, 0.3) is 22.2 Å². The van der Waals surface area contributed by atoms with Crippen molar-refractivity contribution in [3.63, 3.8) is 0 Å². The third kappa shape index (κ3) is 1.34. The van der Waals surface area contributed by atoms with Gasteiger partial charge in [0.15, 0.2) is 0 Å². The van der Waals surface area contributed by atoms with Crippen molar-refractivity contribution in [3.05, 3.63) is 64.6 Å². The van der Waals surface area contributed by atoms with Crippen LogP contribution < -0.4 is 22.2 Å². The summed E-state index contributed by atoms with van der Waals surface area (Å²) >= 11 is 6.28. The summed E-state index contributed by atoms with van der Waals surface area (Å²) in [6.45, 7) is 0. The second-order valence-electron chi connectivity index (χ2n) is 5.60. The zero-order valence-corrected chi connectivity index (χ0v) is 12.5. The number of halogens is 1. The number of H-pyrrole nitrogens is 3. The number of aromatic amines is 3. The van der Waals surface area contributed by atoms with E-state index in [1.54, 1.807) is 18.2 Å². The highest BCUT2D eigenvalue weighted by Gasteiger charge is 2.24. The molecule has 0 saturated carbocycles. The van der Waals surface area contributed by atoms with Crippen LogP contribution in [0.2, 0.25) is 5.02 Å². The molecule has 0 saturated heterocycles. The zero-order valence-electron chi connectivity index (χ0n) is 11.7. The molecule has 8 heteroatoms. The lowest BCUT2D eigenvalue weighted by molar-refractivity contribution is 1.26. The third-order valence-corrected chi connectivity index (χ3v) is 4.70. The SMILES string of the molecule is O=c1[nH]c(=O)c2c1c1[nH]c3cccc(Cl)c3c1c1c(=O)[nH]c(=O)c21. The molecule has 0 aliphatic rings. The molecule has 0 aliphatic heterocycles. The minimum absolute atomic E-state index is 0.0610. The Kier molecular flexibility index (Phi) is 2.22. The van der Waals surface area contributed by atoms with Gasteiger partial charge in [-0.25, -0.2) is 0 Å². The van der Waals surface area contributed by atoms with Gasteiger partial charge in [-0.1, -0.05) is 17.7 Å². The first kappa shape index (κ1) is 13.3. The maximum atomic E-state index is 12.3. The normalized spacial score (nSPS) is 12.2. The Morgan fingerprint density at radius 3 is 1.83 bits per heavy atom. The van der Waals surface area contributed by atoms with Crippen molar-refractivity contribution in [2.75, 3.05) is 0 Å². The van der Waals surface area contributed by atoms with Crippen LogP contribution in [0.1, 0.15) is 0 Å². The Morgan fingerprint density at radius 2 is 1.17 bits per heavy atom. The van der Waals surface area contributed by atoms with Crippen LogP contribution in [0.25, 0.3) is 43.4 Å². The second-order valence-corrected chi connectivity index (χ2v) is 6.01. The summed E-state index contributed by atoms with van der Waals surface area (Å²) in [4.78, 5) is 56.3. The summed E-state index contributed by atoms with van der Waals surface area (Å²) < 4.78 is 0. The number of fused-ring (bicyclic) bond motifs is 8. The van der Waals surface area contributed by atoms with E-state index in [0.717, 1.165) is 0 Å². The van der Waals surface area contributed by atoms with Crippen molar-refractivity contribution in [3.8, 4) is 0 Å². The first-order chi connectivity index (χ1) is 11.5. The summed E-state index contributed by atoms with van der Waals surface area (Å²) in [6.07, 6.45) is 0. The van der Waals surface area contributed by atoms with E-state index in [-0.39, 0.29) is 21.5 Å². The van der Waals surface area contributed by atoms with E-state index < -0.39 is 22.2 Å². The number of hydrogen-bond donors (Lipinski definition) is 3. The average Bonchev–Trinajstić information content (AvgIpc) is 3.13. The largest absolute Gasteiger partial charge is 0.354 e.